The van der Waals surface area contributed by atoms with Crippen LogP contribution in [-0.2, 0) is 15.1 Å². The quantitative estimate of drug-likeness (QED) is 0.640. The van der Waals surface area contributed by atoms with E-state index in [0.717, 1.165) is 15.7 Å². The first-order valence-electron chi connectivity index (χ1n) is 9.48. The normalized spacial score (nSPS) is 18.4. The molecule has 0 bridgehead atoms. The first-order valence-corrected chi connectivity index (χ1v) is 9.48. The van der Waals surface area contributed by atoms with Crippen molar-refractivity contribution in [3.63, 3.8) is 0 Å². The van der Waals surface area contributed by atoms with Crippen LogP contribution in [0.5, 0.6) is 5.75 Å². The molecule has 3 aromatic rings. The SMILES string of the molecule is COc1ccc(NC(=O)CN2C(=O)N[C@](C)(c3ccc4ccccc4c3)C2=O)cc1. The second-order valence-electron chi connectivity index (χ2n) is 7.29. The Labute approximate surface area is 173 Å². The summed E-state index contributed by atoms with van der Waals surface area (Å²) in [6.07, 6.45) is 0. The van der Waals surface area contributed by atoms with Gasteiger partial charge in [0.2, 0.25) is 5.91 Å². The molecule has 0 unspecified atom stereocenters. The van der Waals surface area contributed by atoms with Gasteiger partial charge in [-0.25, -0.2) is 4.79 Å². The van der Waals surface area contributed by atoms with E-state index in [1.165, 1.54) is 0 Å². The van der Waals surface area contributed by atoms with Crippen molar-refractivity contribution in [3.8, 4) is 5.75 Å². The highest BCUT2D eigenvalue weighted by molar-refractivity contribution is 6.10. The summed E-state index contributed by atoms with van der Waals surface area (Å²) >= 11 is 0. The maximum absolute atomic E-state index is 13.1. The average molecular weight is 403 g/mol. The molecule has 1 aliphatic heterocycles. The maximum atomic E-state index is 13.1. The number of fused-ring (bicyclic) bond motifs is 1. The smallest absolute Gasteiger partial charge is 0.325 e. The summed E-state index contributed by atoms with van der Waals surface area (Å²) in [6, 6.07) is 19.6. The van der Waals surface area contributed by atoms with Crippen LogP contribution in [0.1, 0.15) is 12.5 Å². The zero-order valence-electron chi connectivity index (χ0n) is 16.6. The van der Waals surface area contributed by atoms with E-state index in [9.17, 15) is 14.4 Å². The molecule has 0 saturated carbocycles. The Hall–Kier alpha value is -3.87. The minimum atomic E-state index is -1.23. The molecule has 0 aliphatic carbocycles. The summed E-state index contributed by atoms with van der Waals surface area (Å²) in [7, 11) is 1.55. The molecular weight excluding hydrogens is 382 g/mol. The number of rotatable bonds is 5. The van der Waals surface area contributed by atoms with Gasteiger partial charge in [-0.15, -0.1) is 0 Å². The molecule has 152 valence electrons. The van der Waals surface area contributed by atoms with E-state index in [1.54, 1.807) is 38.3 Å². The van der Waals surface area contributed by atoms with E-state index in [1.807, 2.05) is 42.5 Å². The molecule has 4 rings (SSSR count). The van der Waals surface area contributed by atoms with Crippen molar-refractivity contribution in [2.75, 3.05) is 19.0 Å². The van der Waals surface area contributed by atoms with Crippen molar-refractivity contribution in [2.45, 2.75) is 12.5 Å². The third-order valence-electron chi connectivity index (χ3n) is 5.28. The van der Waals surface area contributed by atoms with Crippen LogP contribution in [0.15, 0.2) is 66.7 Å². The number of urea groups is 1. The molecule has 7 heteroatoms. The summed E-state index contributed by atoms with van der Waals surface area (Å²) in [5, 5.41) is 7.43. The zero-order chi connectivity index (χ0) is 21.3. The predicted molar refractivity (Wildman–Crippen MR) is 113 cm³/mol. The topological polar surface area (TPSA) is 87.7 Å². The monoisotopic (exact) mass is 403 g/mol. The molecule has 1 saturated heterocycles. The van der Waals surface area contributed by atoms with Crippen molar-refractivity contribution in [1.82, 2.24) is 10.2 Å². The van der Waals surface area contributed by atoms with E-state index in [4.69, 9.17) is 4.74 Å². The Morgan fingerprint density at radius 3 is 2.43 bits per heavy atom. The lowest BCUT2D eigenvalue weighted by atomic mass is 9.90. The van der Waals surface area contributed by atoms with E-state index in [2.05, 4.69) is 10.6 Å². The molecule has 7 nitrogen and oxygen atoms in total. The molecule has 1 atom stereocenters. The van der Waals surface area contributed by atoms with Crippen LogP contribution in [0, 0.1) is 0 Å². The fourth-order valence-corrected chi connectivity index (χ4v) is 3.56. The maximum Gasteiger partial charge on any atom is 0.325 e. The summed E-state index contributed by atoms with van der Waals surface area (Å²) < 4.78 is 5.08. The van der Waals surface area contributed by atoms with E-state index < -0.39 is 23.4 Å². The van der Waals surface area contributed by atoms with Gasteiger partial charge in [0, 0.05) is 5.69 Å². The van der Waals surface area contributed by atoms with Gasteiger partial charge in [0.05, 0.1) is 7.11 Å². The number of ether oxygens (including phenoxy) is 1. The molecule has 1 heterocycles. The second kappa shape index (κ2) is 7.51. The number of methoxy groups -OCH3 is 1. The van der Waals surface area contributed by atoms with Gasteiger partial charge in [-0.2, -0.15) is 0 Å². The highest BCUT2D eigenvalue weighted by Crippen LogP contribution is 2.31. The Morgan fingerprint density at radius 1 is 1.03 bits per heavy atom. The average Bonchev–Trinajstić information content (AvgIpc) is 2.98. The molecule has 1 aliphatic rings. The van der Waals surface area contributed by atoms with Crippen LogP contribution in [0.25, 0.3) is 10.8 Å². The number of hydrogen-bond acceptors (Lipinski definition) is 4. The van der Waals surface area contributed by atoms with Crippen LogP contribution in [-0.4, -0.2) is 36.4 Å². The minimum Gasteiger partial charge on any atom is -0.497 e. The first kappa shape index (κ1) is 19.4. The Balaban J connectivity index is 1.51. The first-order chi connectivity index (χ1) is 14.4. The molecule has 3 aromatic carbocycles. The number of carbonyl (C=O) groups is 3. The van der Waals surface area contributed by atoms with Crippen molar-refractivity contribution < 1.29 is 19.1 Å². The predicted octanol–water partition coefficient (Wildman–Crippen LogP) is 3.25. The number of carbonyl (C=O) groups excluding carboxylic acids is 3. The lowest BCUT2D eigenvalue weighted by molar-refractivity contribution is -0.133. The van der Waals surface area contributed by atoms with Gasteiger partial charge >= 0.3 is 6.03 Å². The third kappa shape index (κ3) is 3.45. The van der Waals surface area contributed by atoms with Crippen molar-refractivity contribution in [1.29, 1.82) is 0 Å². The molecular formula is C23H21N3O4. The Morgan fingerprint density at radius 2 is 1.73 bits per heavy atom. The summed E-state index contributed by atoms with van der Waals surface area (Å²) in [4.78, 5) is 39.0. The molecule has 0 spiro atoms. The Kier molecular flexibility index (Phi) is 4.87. The number of benzene rings is 3. The van der Waals surface area contributed by atoms with Gasteiger partial charge < -0.3 is 15.4 Å². The lowest BCUT2D eigenvalue weighted by Gasteiger charge is -2.22. The van der Waals surface area contributed by atoms with Gasteiger partial charge in [0.25, 0.3) is 5.91 Å². The highest BCUT2D eigenvalue weighted by Gasteiger charge is 2.49. The van der Waals surface area contributed by atoms with E-state index in [0.29, 0.717) is 17.0 Å². The number of nitrogens with zero attached hydrogens (tertiary/aromatic N) is 1. The number of amides is 4. The fraction of sp³-hybridized carbons (Fsp3) is 0.174. The molecule has 30 heavy (non-hydrogen) atoms. The summed E-state index contributed by atoms with van der Waals surface area (Å²) in [5.74, 6) is -0.271. The number of anilines is 1. The van der Waals surface area contributed by atoms with Gasteiger partial charge in [-0.1, -0.05) is 36.4 Å². The van der Waals surface area contributed by atoms with E-state index in [-0.39, 0.29) is 6.54 Å². The van der Waals surface area contributed by atoms with Crippen LogP contribution in [0.3, 0.4) is 0 Å². The largest absolute Gasteiger partial charge is 0.497 e. The Bertz CT molecular complexity index is 1140. The highest BCUT2D eigenvalue weighted by atomic mass is 16.5. The summed E-state index contributed by atoms with van der Waals surface area (Å²) in [6.45, 7) is 1.28. The zero-order valence-corrected chi connectivity index (χ0v) is 16.6. The van der Waals surface area contributed by atoms with Crippen LogP contribution in [0.2, 0.25) is 0 Å². The molecule has 0 radical (unpaired) electrons. The third-order valence-corrected chi connectivity index (χ3v) is 5.28. The summed E-state index contributed by atoms with van der Waals surface area (Å²) in [5.41, 5.74) is -0.0237. The van der Waals surface area contributed by atoms with Crippen LogP contribution >= 0.6 is 0 Å². The molecule has 2 N–H and O–H groups in total. The standard InChI is InChI=1S/C23H21N3O4/c1-23(17-8-7-15-5-3-4-6-16(15)13-17)21(28)26(22(29)25-23)14-20(27)24-18-9-11-19(30-2)12-10-18/h3-13H,14H2,1-2H3,(H,24,27)(H,25,29)/t23-/m1/s1. The van der Waals surface area contributed by atoms with Gasteiger partial charge in [-0.3, -0.25) is 14.5 Å². The van der Waals surface area contributed by atoms with Crippen molar-refractivity contribution in [2.24, 2.45) is 0 Å². The number of hydrogen-bond donors (Lipinski definition) is 2. The van der Waals surface area contributed by atoms with Crippen LogP contribution in [0.4, 0.5) is 10.5 Å². The van der Waals surface area contributed by atoms with Crippen molar-refractivity contribution >= 4 is 34.3 Å². The van der Waals surface area contributed by atoms with E-state index >= 15 is 0 Å². The molecule has 4 amide bonds. The van der Waals surface area contributed by atoms with Gasteiger partial charge in [0.1, 0.15) is 17.8 Å². The number of imide groups is 1. The number of nitrogens with one attached hydrogen (secondary N) is 2. The lowest BCUT2D eigenvalue weighted by Crippen LogP contribution is -2.42. The fourth-order valence-electron chi connectivity index (χ4n) is 3.56. The minimum absolute atomic E-state index is 0.375. The molecule has 1 fully saturated rings. The van der Waals surface area contributed by atoms with Gasteiger partial charge in [-0.05, 0) is 53.6 Å². The molecule has 0 aromatic heterocycles. The second-order valence-corrected chi connectivity index (χ2v) is 7.29. The van der Waals surface area contributed by atoms with Crippen LogP contribution < -0.4 is 15.4 Å². The van der Waals surface area contributed by atoms with Crippen molar-refractivity contribution in [3.05, 3.63) is 72.3 Å². The van der Waals surface area contributed by atoms with Gasteiger partial charge in [0.15, 0.2) is 0 Å².